The van der Waals surface area contributed by atoms with Gasteiger partial charge in [0.1, 0.15) is 0 Å². The van der Waals surface area contributed by atoms with Crippen molar-refractivity contribution in [1.82, 2.24) is 0 Å². The number of halogens is 1. The van der Waals surface area contributed by atoms with Crippen molar-refractivity contribution in [2.24, 2.45) is 0 Å². The minimum absolute atomic E-state index is 0.101. The third-order valence-corrected chi connectivity index (χ3v) is 3.21. The van der Waals surface area contributed by atoms with Crippen LogP contribution < -0.4 is 0 Å². The van der Waals surface area contributed by atoms with Crippen molar-refractivity contribution < 1.29 is 14.3 Å². The summed E-state index contributed by atoms with van der Waals surface area (Å²) in [5.41, 5.74) is 0.578. The van der Waals surface area contributed by atoms with Crippen LogP contribution in [0.15, 0.2) is 30.0 Å². The zero-order valence-electron chi connectivity index (χ0n) is 10.2. The SMILES string of the molecule is CCC(C)OC1=CC(=O)c2c(Cl)cccc2C1=O. The largest absolute Gasteiger partial charge is 0.486 e. The van der Waals surface area contributed by atoms with E-state index in [1.807, 2.05) is 13.8 Å². The predicted molar refractivity (Wildman–Crippen MR) is 69.0 cm³/mol. The van der Waals surface area contributed by atoms with E-state index in [1.165, 1.54) is 6.08 Å². The van der Waals surface area contributed by atoms with Crippen LogP contribution in [0.3, 0.4) is 0 Å². The maximum absolute atomic E-state index is 12.2. The lowest BCUT2D eigenvalue weighted by atomic mass is 9.93. The Balaban J connectivity index is 2.42. The number of allylic oxidation sites excluding steroid dienone is 2. The minimum atomic E-state index is -0.285. The summed E-state index contributed by atoms with van der Waals surface area (Å²) in [5.74, 6) is -0.468. The second kappa shape index (κ2) is 4.94. The number of hydrogen-bond donors (Lipinski definition) is 0. The van der Waals surface area contributed by atoms with Crippen molar-refractivity contribution >= 4 is 23.2 Å². The molecule has 0 saturated carbocycles. The van der Waals surface area contributed by atoms with Gasteiger partial charge in [-0.3, -0.25) is 9.59 Å². The molecule has 1 aliphatic carbocycles. The molecule has 1 aromatic rings. The van der Waals surface area contributed by atoms with Gasteiger partial charge in [0.25, 0.3) is 0 Å². The summed E-state index contributed by atoms with van der Waals surface area (Å²) in [5, 5.41) is 0.296. The van der Waals surface area contributed by atoms with Crippen LogP contribution in [0.5, 0.6) is 0 Å². The molecule has 0 aliphatic heterocycles. The Morgan fingerprint density at radius 2 is 2.06 bits per heavy atom. The maximum atomic E-state index is 12.2. The van der Waals surface area contributed by atoms with Crippen LogP contribution in [0.1, 0.15) is 41.0 Å². The predicted octanol–water partition coefficient (Wildman–Crippen LogP) is 3.42. The molecular formula is C14H13ClO3. The van der Waals surface area contributed by atoms with Crippen LogP contribution in [0.4, 0.5) is 0 Å². The van der Waals surface area contributed by atoms with E-state index in [0.717, 1.165) is 6.42 Å². The Morgan fingerprint density at radius 3 is 2.72 bits per heavy atom. The first-order chi connectivity index (χ1) is 8.54. The van der Waals surface area contributed by atoms with Gasteiger partial charge in [0.2, 0.25) is 5.78 Å². The Kier molecular flexibility index (Phi) is 3.53. The summed E-state index contributed by atoms with van der Waals surface area (Å²) in [7, 11) is 0. The standard InChI is InChI=1S/C14H13ClO3/c1-3-8(2)18-12-7-11(16)13-9(14(12)17)5-4-6-10(13)15/h4-8H,3H2,1-2H3. The van der Waals surface area contributed by atoms with E-state index >= 15 is 0 Å². The van der Waals surface area contributed by atoms with Crippen LogP contribution in [0.2, 0.25) is 5.02 Å². The summed E-state index contributed by atoms with van der Waals surface area (Å²) < 4.78 is 5.47. The molecule has 3 nitrogen and oxygen atoms in total. The summed E-state index contributed by atoms with van der Waals surface area (Å²) in [6, 6.07) is 4.84. The van der Waals surface area contributed by atoms with Crippen molar-refractivity contribution in [3.63, 3.8) is 0 Å². The number of benzene rings is 1. The van der Waals surface area contributed by atoms with Crippen LogP contribution in [0, 0.1) is 0 Å². The molecule has 1 aliphatic rings. The van der Waals surface area contributed by atoms with E-state index in [9.17, 15) is 9.59 Å². The molecule has 0 aromatic heterocycles. The maximum Gasteiger partial charge on any atom is 0.228 e. The second-order valence-electron chi connectivity index (χ2n) is 4.20. The van der Waals surface area contributed by atoms with Crippen molar-refractivity contribution in [2.75, 3.05) is 0 Å². The molecular weight excluding hydrogens is 252 g/mol. The number of Topliss-reactive ketones (excluding diaryl/α,β-unsaturated/α-hetero) is 1. The minimum Gasteiger partial charge on any atom is -0.486 e. The van der Waals surface area contributed by atoms with Gasteiger partial charge in [0, 0.05) is 11.6 Å². The van der Waals surface area contributed by atoms with E-state index in [4.69, 9.17) is 16.3 Å². The molecule has 1 aromatic carbocycles. The first-order valence-electron chi connectivity index (χ1n) is 5.80. The smallest absolute Gasteiger partial charge is 0.228 e. The molecule has 1 atom stereocenters. The third-order valence-electron chi connectivity index (χ3n) is 2.89. The van der Waals surface area contributed by atoms with E-state index in [1.54, 1.807) is 18.2 Å². The van der Waals surface area contributed by atoms with E-state index in [2.05, 4.69) is 0 Å². The molecule has 94 valence electrons. The molecule has 4 heteroatoms. The zero-order valence-corrected chi connectivity index (χ0v) is 11.0. The highest BCUT2D eigenvalue weighted by Crippen LogP contribution is 2.28. The van der Waals surface area contributed by atoms with Crippen LogP contribution in [-0.4, -0.2) is 17.7 Å². The average molecular weight is 265 g/mol. The van der Waals surface area contributed by atoms with Crippen molar-refractivity contribution in [3.05, 3.63) is 46.2 Å². The van der Waals surface area contributed by atoms with Crippen LogP contribution in [0.25, 0.3) is 0 Å². The molecule has 18 heavy (non-hydrogen) atoms. The number of ketones is 2. The number of rotatable bonds is 3. The van der Waals surface area contributed by atoms with Gasteiger partial charge in [-0.05, 0) is 19.4 Å². The molecule has 0 saturated heterocycles. The number of hydrogen-bond acceptors (Lipinski definition) is 3. The molecule has 0 bridgehead atoms. The summed E-state index contributed by atoms with van der Waals surface area (Å²) in [6.45, 7) is 3.80. The highest BCUT2D eigenvalue weighted by Gasteiger charge is 2.29. The molecule has 0 spiro atoms. The summed E-state index contributed by atoms with van der Waals surface area (Å²) in [4.78, 5) is 24.1. The van der Waals surface area contributed by atoms with Gasteiger partial charge in [-0.1, -0.05) is 30.7 Å². The summed E-state index contributed by atoms with van der Waals surface area (Å²) in [6.07, 6.45) is 1.89. The van der Waals surface area contributed by atoms with Gasteiger partial charge in [0.15, 0.2) is 11.5 Å². The molecule has 1 unspecified atom stereocenters. The van der Waals surface area contributed by atoms with Crippen LogP contribution in [-0.2, 0) is 4.74 Å². The third kappa shape index (κ3) is 2.18. The average Bonchev–Trinajstić information content (AvgIpc) is 2.35. The molecule has 0 fully saturated rings. The van der Waals surface area contributed by atoms with Gasteiger partial charge in [-0.25, -0.2) is 0 Å². The van der Waals surface area contributed by atoms with Gasteiger partial charge >= 0.3 is 0 Å². The monoisotopic (exact) mass is 264 g/mol. The van der Waals surface area contributed by atoms with E-state index in [0.29, 0.717) is 10.6 Å². The Morgan fingerprint density at radius 1 is 1.33 bits per heavy atom. The first kappa shape index (κ1) is 12.8. The first-order valence-corrected chi connectivity index (χ1v) is 6.18. The Bertz CT molecular complexity index is 546. The fourth-order valence-corrected chi connectivity index (χ4v) is 2.01. The Hall–Kier alpha value is -1.61. The lowest BCUT2D eigenvalue weighted by molar-refractivity contribution is 0.0774. The molecule has 0 N–H and O–H groups in total. The molecule has 2 rings (SSSR count). The van der Waals surface area contributed by atoms with Crippen molar-refractivity contribution in [3.8, 4) is 0 Å². The van der Waals surface area contributed by atoms with E-state index < -0.39 is 0 Å². The van der Waals surface area contributed by atoms with Gasteiger partial charge in [-0.15, -0.1) is 0 Å². The number of carbonyl (C=O) groups excluding carboxylic acids is 2. The lowest BCUT2D eigenvalue weighted by Crippen LogP contribution is -2.21. The van der Waals surface area contributed by atoms with Crippen molar-refractivity contribution in [1.29, 1.82) is 0 Å². The quantitative estimate of drug-likeness (QED) is 0.840. The fourth-order valence-electron chi connectivity index (χ4n) is 1.74. The highest BCUT2D eigenvalue weighted by molar-refractivity contribution is 6.37. The number of ether oxygens (including phenoxy) is 1. The summed E-state index contributed by atoms with van der Waals surface area (Å²) >= 11 is 5.94. The van der Waals surface area contributed by atoms with Gasteiger partial charge < -0.3 is 4.74 Å². The highest BCUT2D eigenvalue weighted by atomic mass is 35.5. The second-order valence-corrected chi connectivity index (χ2v) is 4.61. The normalized spacial score (nSPS) is 16.1. The fraction of sp³-hybridized carbons (Fsp3) is 0.286. The lowest BCUT2D eigenvalue weighted by Gasteiger charge is -2.19. The molecule has 0 heterocycles. The van der Waals surface area contributed by atoms with Crippen LogP contribution >= 0.6 is 11.6 Å². The zero-order chi connectivity index (χ0) is 13.3. The van der Waals surface area contributed by atoms with Gasteiger partial charge in [0.05, 0.1) is 16.7 Å². The molecule has 0 radical (unpaired) electrons. The topological polar surface area (TPSA) is 43.4 Å². The number of fused-ring (bicyclic) bond motifs is 1. The van der Waals surface area contributed by atoms with E-state index in [-0.39, 0.29) is 29.0 Å². The Labute approximate surface area is 110 Å². The van der Waals surface area contributed by atoms with Crippen molar-refractivity contribution in [2.45, 2.75) is 26.4 Å². The molecule has 0 amide bonds. The van der Waals surface area contributed by atoms with Gasteiger partial charge in [-0.2, -0.15) is 0 Å². The number of carbonyl (C=O) groups is 2.